The molecule has 116 valence electrons. The SMILES string of the molecule is CCc1cc(C(=O)N2CC(CO)OC(C)(C)C2)cc(Cl)n1. The van der Waals surface area contributed by atoms with E-state index in [1.807, 2.05) is 20.8 Å². The minimum Gasteiger partial charge on any atom is -0.394 e. The smallest absolute Gasteiger partial charge is 0.254 e. The average Bonchev–Trinajstić information content (AvgIpc) is 2.43. The number of morpholine rings is 1. The van der Waals surface area contributed by atoms with Crippen LogP contribution < -0.4 is 0 Å². The summed E-state index contributed by atoms with van der Waals surface area (Å²) in [6, 6.07) is 3.35. The molecule has 1 N–H and O–H groups in total. The Morgan fingerprint density at radius 1 is 1.57 bits per heavy atom. The summed E-state index contributed by atoms with van der Waals surface area (Å²) >= 11 is 5.98. The third-order valence-electron chi connectivity index (χ3n) is 3.43. The van der Waals surface area contributed by atoms with Crippen LogP contribution >= 0.6 is 11.6 Å². The third-order valence-corrected chi connectivity index (χ3v) is 3.62. The Hall–Kier alpha value is -1.17. The highest BCUT2D eigenvalue weighted by Gasteiger charge is 2.35. The van der Waals surface area contributed by atoms with Crippen molar-refractivity contribution >= 4 is 17.5 Å². The number of carbonyl (C=O) groups is 1. The number of carbonyl (C=O) groups excluding carboxylic acids is 1. The van der Waals surface area contributed by atoms with Crippen molar-refractivity contribution in [2.24, 2.45) is 0 Å². The molecule has 0 bridgehead atoms. The topological polar surface area (TPSA) is 62.7 Å². The van der Waals surface area contributed by atoms with Crippen molar-refractivity contribution in [2.45, 2.75) is 38.9 Å². The summed E-state index contributed by atoms with van der Waals surface area (Å²) in [7, 11) is 0. The Labute approximate surface area is 129 Å². The Bertz CT molecular complexity index is 534. The maximum Gasteiger partial charge on any atom is 0.254 e. The fourth-order valence-corrected chi connectivity index (χ4v) is 2.81. The zero-order chi connectivity index (χ0) is 15.6. The maximum atomic E-state index is 12.7. The van der Waals surface area contributed by atoms with E-state index in [0.717, 1.165) is 5.69 Å². The molecule has 6 heteroatoms. The highest BCUT2D eigenvalue weighted by Crippen LogP contribution is 2.23. The van der Waals surface area contributed by atoms with Gasteiger partial charge in [0.15, 0.2) is 0 Å². The normalized spacial score (nSPS) is 21.4. The lowest BCUT2D eigenvalue weighted by Crippen LogP contribution is -2.55. The molecule has 1 aromatic rings. The van der Waals surface area contributed by atoms with Crippen molar-refractivity contribution in [1.29, 1.82) is 0 Å². The molecule has 1 aliphatic heterocycles. The predicted molar refractivity (Wildman–Crippen MR) is 80.6 cm³/mol. The molecule has 0 aliphatic carbocycles. The van der Waals surface area contributed by atoms with Crippen molar-refractivity contribution in [1.82, 2.24) is 9.88 Å². The lowest BCUT2D eigenvalue weighted by molar-refractivity contribution is -0.139. The van der Waals surface area contributed by atoms with Gasteiger partial charge in [0.1, 0.15) is 5.15 Å². The van der Waals surface area contributed by atoms with E-state index < -0.39 is 5.60 Å². The number of halogens is 1. The molecule has 21 heavy (non-hydrogen) atoms. The fourth-order valence-electron chi connectivity index (χ4n) is 2.58. The summed E-state index contributed by atoms with van der Waals surface area (Å²) in [4.78, 5) is 18.5. The predicted octanol–water partition coefficient (Wildman–Crippen LogP) is 1.91. The second-order valence-electron chi connectivity index (χ2n) is 5.89. The quantitative estimate of drug-likeness (QED) is 0.866. The van der Waals surface area contributed by atoms with E-state index in [-0.39, 0.29) is 18.6 Å². The van der Waals surface area contributed by atoms with Gasteiger partial charge in [-0.05, 0) is 32.4 Å². The van der Waals surface area contributed by atoms with Gasteiger partial charge in [0.2, 0.25) is 0 Å². The first-order chi connectivity index (χ1) is 9.84. The highest BCUT2D eigenvalue weighted by molar-refractivity contribution is 6.29. The molecule has 1 aromatic heterocycles. The van der Waals surface area contributed by atoms with Gasteiger partial charge in [0, 0.05) is 24.3 Å². The third kappa shape index (κ3) is 3.93. The van der Waals surface area contributed by atoms with Gasteiger partial charge in [0.25, 0.3) is 5.91 Å². The second-order valence-corrected chi connectivity index (χ2v) is 6.28. The minimum absolute atomic E-state index is 0.107. The molecule has 1 amide bonds. The number of hydrogen-bond acceptors (Lipinski definition) is 4. The second kappa shape index (κ2) is 6.30. The zero-order valence-corrected chi connectivity index (χ0v) is 13.4. The first-order valence-corrected chi connectivity index (χ1v) is 7.47. The Balaban J connectivity index is 2.24. The number of aliphatic hydroxyl groups is 1. The molecular formula is C15H21ClN2O3. The van der Waals surface area contributed by atoms with Crippen LogP contribution in [0.25, 0.3) is 0 Å². The molecule has 0 radical (unpaired) electrons. The van der Waals surface area contributed by atoms with E-state index >= 15 is 0 Å². The molecule has 1 aliphatic rings. The summed E-state index contributed by atoms with van der Waals surface area (Å²) < 4.78 is 5.73. The van der Waals surface area contributed by atoms with Crippen molar-refractivity contribution in [2.75, 3.05) is 19.7 Å². The van der Waals surface area contributed by atoms with Crippen LogP contribution in [-0.4, -0.2) is 52.3 Å². The van der Waals surface area contributed by atoms with Gasteiger partial charge >= 0.3 is 0 Å². The van der Waals surface area contributed by atoms with Gasteiger partial charge < -0.3 is 14.7 Å². The molecule has 1 fully saturated rings. The molecule has 5 nitrogen and oxygen atoms in total. The van der Waals surface area contributed by atoms with Gasteiger partial charge in [-0.25, -0.2) is 4.98 Å². The molecule has 1 atom stereocenters. The summed E-state index contributed by atoms with van der Waals surface area (Å²) in [6.45, 7) is 6.53. The first-order valence-electron chi connectivity index (χ1n) is 7.09. The van der Waals surface area contributed by atoms with E-state index in [9.17, 15) is 9.90 Å². The minimum atomic E-state index is -0.480. The van der Waals surface area contributed by atoms with Gasteiger partial charge in [-0.15, -0.1) is 0 Å². The number of ether oxygens (including phenoxy) is 1. The molecule has 2 heterocycles. The van der Waals surface area contributed by atoms with Gasteiger partial charge in [-0.1, -0.05) is 18.5 Å². The molecule has 0 spiro atoms. The van der Waals surface area contributed by atoms with Crippen molar-refractivity contribution in [3.8, 4) is 0 Å². The van der Waals surface area contributed by atoms with E-state index in [1.54, 1.807) is 17.0 Å². The number of pyridine rings is 1. The number of amides is 1. The van der Waals surface area contributed by atoms with Crippen molar-refractivity contribution in [3.05, 3.63) is 28.5 Å². The van der Waals surface area contributed by atoms with E-state index in [1.165, 1.54) is 0 Å². The fraction of sp³-hybridized carbons (Fsp3) is 0.600. The number of nitrogens with zero attached hydrogens (tertiary/aromatic N) is 2. The maximum absolute atomic E-state index is 12.7. The van der Waals surface area contributed by atoms with E-state index in [4.69, 9.17) is 16.3 Å². The van der Waals surface area contributed by atoms with Gasteiger partial charge in [0.05, 0.1) is 18.3 Å². The summed E-state index contributed by atoms with van der Waals surface area (Å²) in [5, 5.41) is 9.65. The number of aromatic nitrogens is 1. The monoisotopic (exact) mass is 312 g/mol. The largest absolute Gasteiger partial charge is 0.394 e. The Morgan fingerprint density at radius 2 is 2.29 bits per heavy atom. The number of aliphatic hydroxyl groups excluding tert-OH is 1. The van der Waals surface area contributed by atoms with Crippen LogP contribution in [0, 0.1) is 0 Å². The van der Waals surface area contributed by atoms with Crippen LogP contribution in [0.2, 0.25) is 5.15 Å². The number of aryl methyl sites for hydroxylation is 1. The van der Waals surface area contributed by atoms with Crippen LogP contribution in [0.1, 0.15) is 36.8 Å². The van der Waals surface area contributed by atoms with E-state index in [2.05, 4.69) is 4.98 Å². The Kier molecular flexibility index (Phi) is 4.86. The Morgan fingerprint density at radius 3 is 2.90 bits per heavy atom. The zero-order valence-electron chi connectivity index (χ0n) is 12.6. The van der Waals surface area contributed by atoms with Gasteiger partial charge in [-0.2, -0.15) is 0 Å². The summed E-state index contributed by atoms with van der Waals surface area (Å²) in [5.41, 5.74) is 0.837. The standard InChI is InChI=1S/C15H21ClN2O3/c1-4-11-5-10(6-13(16)17-11)14(20)18-7-12(8-19)21-15(2,3)9-18/h5-6,12,19H,4,7-9H2,1-3H3. The average molecular weight is 313 g/mol. The van der Waals surface area contributed by atoms with Crippen LogP contribution in [0.15, 0.2) is 12.1 Å². The number of hydrogen-bond donors (Lipinski definition) is 1. The molecule has 0 aromatic carbocycles. The van der Waals surface area contributed by atoms with Crippen molar-refractivity contribution < 1.29 is 14.6 Å². The lowest BCUT2D eigenvalue weighted by Gasteiger charge is -2.42. The molecule has 1 unspecified atom stereocenters. The summed E-state index contributed by atoms with van der Waals surface area (Å²) in [6.07, 6.45) is 0.356. The highest BCUT2D eigenvalue weighted by atomic mass is 35.5. The van der Waals surface area contributed by atoms with E-state index in [0.29, 0.717) is 30.2 Å². The van der Waals surface area contributed by atoms with Crippen LogP contribution in [0.5, 0.6) is 0 Å². The van der Waals surface area contributed by atoms with Crippen LogP contribution in [0.4, 0.5) is 0 Å². The summed E-state index contributed by atoms with van der Waals surface area (Å²) in [5.74, 6) is -0.108. The molecule has 0 saturated carbocycles. The molecule has 1 saturated heterocycles. The van der Waals surface area contributed by atoms with Crippen LogP contribution in [0.3, 0.4) is 0 Å². The van der Waals surface area contributed by atoms with Crippen molar-refractivity contribution in [3.63, 3.8) is 0 Å². The molecular weight excluding hydrogens is 292 g/mol. The van der Waals surface area contributed by atoms with Crippen LogP contribution in [-0.2, 0) is 11.2 Å². The first kappa shape index (κ1) is 16.2. The number of rotatable bonds is 3. The molecule has 2 rings (SSSR count). The van der Waals surface area contributed by atoms with Gasteiger partial charge in [-0.3, -0.25) is 4.79 Å². The lowest BCUT2D eigenvalue weighted by atomic mass is 10.0.